The molecule has 1 saturated heterocycles. The Morgan fingerprint density at radius 2 is 1.92 bits per heavy atom. The van der Waals surface area contributed by atoms with E-state index in [1.807, 2.05) is 54.6 Å². The molecule has 1 fully saturated rings. The number of benzene rings is 2. The van der Waals surface area contributed by atoms with Gasteiger partial charge >= 0.3 is 0 Å². The smallest absolute Gasteiger partial charge is 0.227 e. The summed E-state index contributed by atoms with van der Waals surface area (Å²) in [4.78, 5) is 4.53. The summed E-state index contributed by atoms with van der Waals surface area (Å²) in [5, 5.41) is 7.47. The van der Waals surface area contributed by atoms with Gasteiger partial charge in [0.2, 0.25) is 11.7 Å². The van der Waals surface area contributed by atoms with Crippen LogP contribution in [-0.2, 0) is 6.42 Å². The Bertz CT molecular complexity index is 801. The lowest BCUT2D eigenvalue weighted by Gasteiger charge is -2.06. The Balaban J connectivity index is 0.00000182. The van der Waals surface area contributed by atoms with Gasteiger partial charge in [-0.3, -0.25) is 0 Å². The third kappa shape index (κ3) is 4.38. The molecule has 25 heavy (non-hydrogen) atoms. The maximum Gasteiger partial charge on any atom is 0.227 e. The molecule has 0 aliphatic carbocycles. The summed E-state index contributed by atoms with van der Waals surface area (Å²) >= 11 is 0. The van der Waals surface area contributed by atoms with E-state index in [0.717, 1.165) is 43.0 Å². The summed E-state index contributed by atoms with van der Waals surface area (Å²) in [5.41, 5.74) is 0.892. The summed E-state index contributed by atoms with van der Waals surface area (Å²) < 4.78 is 11.3. The van der Waals surface area contributed by atoms with Crippen LogP contribution in [0.1, 0.15) is 12.3 Å². The van der Waals surface area contributed by atoms with Gasteiger partial charge in [-0.2, -0.15) is 4.98 Å². The van der Waals surface area contributed by atoms with Crippen LogP contribution in [0.2, 0.25) is 0 Å². The number of hydrogen-bond acceptors (Lipinski definition) is 5. The molecule has 1 aliphatic heterocycles. The minimum Gasteiger partial charge on any atom is -0.457 e. The number of hydrogen-bond donors (Lipinski definition) is 1. The molecule has 0 amide bonds. The zero-order valence-electron chi connectivity index (χ0n) is 13.7. The van der Waals surface area contributed by atoms with Crippen LogP contribution in [0.5, 0.6) is 11.5 Å². The molecule has 1 aromatic heterocycles. The fourth-order valence-corrected chi connectivity index (χ4v) is 2.91. The van der Waals surface area contributed by atoms with Gasteiger partial charge in [-0.25, -0.2) is 0 Å². The van der Waals surface area contributed by atoms with Gasteiger partial charge in [0.05, 0.1) is 0 Å². The van der Waals surface area contributed by atoms with Gasteiger partial charge in [-0.1, -0.05) is 35.5 Å². The van der Waals surface area contributed by atoms with Crippen molar-refractivity contribution in [3.05, 3.63) is 60.5 Å². The highest BCUT2D eigenvalue weighted by Gasteiger charge is 2.19. The van der Waals surface area contributed by atoms with Gasteiger partial charge < -0.3 is 14.6 Å². The van der Waals surface area contributed by atoms with Gasteiger partial charge in [0.15, 0.2) is 0 Å². The van der Waals surface area contributed by atoms with E-state index in [2.05, 4.69) is 15.5 Å². The lowest BCUT2D eigenvalue weighted by Crippen LogP contribution is -2.10. The number of halogens is 1. The second-order valence-electron chi connectivity index (χ2n) is 6.02. The third-order valence-corrected chi connectivity index (χ3v) is 4.16. The minimum absolute atomic E-state index is 0. The van der Waals surface area contributed by atoms with Crippen LogP contribution in [0.4, 0.5) is 0 Å². The van der Waals surface area contributed by atoms with Crippen molar-refractivity contribution in [3.63, 3.8) is 0 Å². The molecular weight excluding hydrogens is 338 g/mol. The maximum absolute atomic E-state index is 5.86. The average molecular weight is 358 g/mol. The van der Waals surface area contributed by atoms with Crippen LogP contribution >= 0.6 is 12.4 Å². The molecule has 5 nitrogen and oxygen atoms in total. The van der Waals surface area contributed by atoms with Crippen LogP contribution < -0.4 is 10.1 Å². The Labute approximate surface area is 152 Å². The van der Waals surface area contributed by atoms with E-state index >= 15 is 0 Å². The van der Waals surface area contributed by atoms with Crippen molar-refractivity contribution in [2.75, 3.05) is 13.1 Å². The molecule has 3 aromatic rings. The largest absolute Gasteiger partial charge is 0.457 e. The Kier molecular flexibility index (Phi) is 5.68. The summed E-state index contributed by atoms with van der Waals surface area (Å²) in [6.07, 6.45) is 2.00. The van der Waals surface area contributed by atoms with Crippen LogP contribution in [-0.4, -0.2) is 23.2 Å². The van der Waals surface area contributed by atoms with E-state index in [9.17, 15) is 0 Å². The number of ether oxygens (including phenoxy) is 1. The molecule has 6 heteroatoms. The third-order valence-electron chi connectivity index (χ3n) is 4.16. The van der Waals surface area contributed by atoms with Crippen molar-refractivity contribution >= 4 is 12.4 Å². The molecule has 1 aliphatic rings. The summed E-state index contributed by atoms with van der Waals surface area (Å²) in [6, 6.07) is 17.5. The van der Waals surface area contributed by atoms with E-state index in [1.54, 1.807) is 0 Å². The highest BCUT2D eigenvalue weighted by atomic mass is 35.5. The molecule has 2 aromatic carbocycles. The number of nitrogens with zero attached hydrogens (tertiary/aromatic N) is 2. The van der Waals surface area contributed by atoms with Crippen LogP contribution in [0.15, 0.2) is 59.1 Å². The van der Waals surface area contributed by atoms with Crippen molar-refractivity contribution in [2.45, 2.75) is 12.8 Å². The Hall–Kier alpha value is -2.37. The highest BCUT2D eigenvalue weighted by molar-refractivity contribution is 5.85. The molecule has 2 heterocycles. The Morgan fingerprint density at radius 1 is 1.08 bits per heavy atom. The maximum atomic E-state index is 5.86. The quantitative estimate of drug-likeness (QED) is 0.744. The number of rotatable bonds is 5. The first-order chi connectivity index (χ1) is 11.9. The zero-order chi connectivity index (χ0) is 16.2. The number of nitrogens with one attached hydrogen (secondary N) is 1. The summed E-state index contributed by atoms with van der Waals surface area (Å²) in [7, 11) is 0. The summed E-state index contributed by atoms with van der Waals surface area (Å²) in [5.74, 6) is 3.45. The van der Waals surface area contributed by atoms with E-state index in [0.29, 0.717) is 17.6 Å². The monoisotopic (exact) mass is 357 g/mol. The molecule has 0 bridgehead atoms. The fraction of sp³-hybridized carbons (Fsp3) is 0.263. The standard InChI is InChI=1S/C19H19N3O2.ClH/c1-2-6-16(7-3-1)23-17-8-4-5-15(12-17)19-21-18(24-22-19)11-14-9-10-20-13-14;/h1-8,12,14,20H,9-11,13H2;1H. The average Bonchev–Trinajstić information content (AvgIpc) is 3.29. The van der Waals surface area contributed by atoms with Gasteiger partial charge in [0.1, 0.15) is 11.5 Å². The van der Waals surface area contributed by atoms with Crippen molar-refractivity contribution in [1.82, 2.24) is 15.5 Å². The molecule has 130 valence electrons. The lowest BCUT2D eigenvalue weighted by molar-refractivity contribution is 0.358. The molecule has 1 N–H and O–H groups in total. The molecule has 0 spiro atoms. The van der Waals surface area contributed by atoms with Crippen LogP contribution in [0.25, 0.3) is 11.4 Å². The fourth-order valence-electron chi connectivity index (χ4n) is 2.91. The molecule has 1 unspecified atom stereocenters. The van der Waals surface area contributed by atoms with Crippen molar-refractivity contribution < 1.29 is 9.26 Å². The Morgan fingerprint density at radius 3 is 2.72 bits per heavy atom. The molecule has 0 radical (unpaired) electrons. The predicted octanol–water partition coefficient (Wildman–Crippen LogP) is 4.10. The van der Waals surface area contributed by atoms with E-state index < -0.39 is 0 Å². The van der Waals surface area contributed by atoms with Gasteiger partial charge in [-0.15, -0.1) is 12.4 Å². The second-order valence-corrected chi connectivity index (χ2v) is 6.02. The van der Waals surface area contributed by atoms with Gasteiger partial charge in [-0.05, 0) is 49.7 Å². The van der Waals surface area contributed by atoms with Crippen LogP contribution in [0.3, 0.4) is 0 Å². The first-order valence-corrected chi connectivity index (χ1v) is 8.23. The molecule has 4 rings (SSSR count). The lowest BCUT2D eigenvalue weighted by atomic mass is 10.1. The molecular formula is C19H20ClN3O2. The van der Waals surface area contributed by atoms with E-state index in [4.69, 9.17) is 9.26 Å². The van der Waals surface area contributed by atoms with Crippen molar-refractivity contribution in [1.29, 1.82) is 0 Å². The molecule has 1 atom stereocenters. The number of aromatic nitrogens is 2. The highest BCUT2D eigenvalue weighted by Crippen LogP contribution is 2.26. The summed E-state index contributed by atoms with van der Waals surface area (Å²) in [6.45, 7) is 2.10. The predicted molar refractivity (Wildman–Crippen MR) is 98.2 cm³/mol. The minimum atomic E-state index is 0. The SMILES string of the molecule is Cl.c1ccc(Oc2cccc(-c3noc(CC4CCNC4)n3)c2)cc1. The van der Waals surface area contributed by atoms with E-state index in [-0.39, 0.29) is 12.4 Å². The van der Waals surface area contributed by atoms with Gasteiger partial charge in [0.25, 0.3) is 0 Å². The topological polar surface area (TPSA) is 60.2 Å². The first kappa shape index (κ1) is 17.5. The first-order valence-electron chi connectivity index (χ1n) is 8.23. The van der Waals surface area contributed by atoms with Crippen LogP contribution in [0, 0.1) is 5.92 Å². The van der Waals surface area contributed by atoms with Gasteiger partial charge in [0, 0.05) is 12.0 Å². The normalized spacial score (nSPS) is 16.4. The molecule has 0 saturated carbocycles. The second kappa shape index (κ2) is 8.14. The van der Waals surface area contributed by atoms with E-state index in [1.165, 1.54) is 0 Å². The number of para-hydroxylation sites is 1. The van der Waals surface area contributed by atoms with Crippen molar-refractivity contribution in [3.8, 4) is 22.9 Å². The zero-order valence-corrected chi connectivity index (χ0v) is 14.5. The van der Waals surface area contributed by atoms with Crippen molar-refractivity contribution in [2.24, 2.45) is 5.92 Å².